The summed E-state index contributed by atoms with van der Waals surface area (Å²) in [6.07, 6.45) is 0. The molecule has 6 nitrogen and oxygen atoms in total. The van der Waals surface area contributed by atoms with E-state index >= 15 is 0 Å². The Balaban J connectivity index is 0. The van der Waals surface area contributed by atoms with Crippen molar-refractivity contribution >= 4 is 15.8 Å². The third kappa shape index (κ3) is 6.31. The molecule has 0 radical (unpaired) electrons. The Kier molecular flexibility index (Phi) is 8.90. The molecule has 0 aliphatic carbocycles. The third-order valence-corrected chi connectivity index (χ3v) is 2.04. The van der Waals surface area contributed by atoms with Crippen LogP contribution < -0.4 is 39.6 Å². The van der Waals surface area contributed by atoms with Crippen LogP contribution in [0, 0.1) is 0 Å². The van der Waals surface area contributed by atoms with Gasteiger partial charge in [-0.05, 0) is 12.1 Å². The minimum atomic E-state index is -4.26. The summed E-state index contributed by atoms with van der Waals surface area (Å²) in [7, 11) is -2.80. The van der Waals surface area contributed by atoms with Gasteiger partial charge in [-0.15, -0.1) is 0 Å². The largest absolute Gasteiger partial charge is 1.00 e. The summed E-state index contributed by atoms with van der Waals surface area (Å²) >= 11 is 0. The molecule has 0 atom stereocenters. The van der Waals surface area contributed by atoms with E-state index in [0.717, 1.165) is 0 Å². The summed E-state index contributed by atoms with van der Waals surface area (Å²) in [5, 5.41) is 2.48. The average Bonchev–Trinajstić information content (AvgIpc) is 2.14. The van der Waals surface area contributed by atoms with Gasteiger partial charge < -0.3 is 20.1 Å². The van der Waals surface area contributed by atoms with Gasteiger partial charge in [0.25, 0.3) is 0 Å². The zero-order valence-electron chi connectivity index (χ0n) is 9.06. The van der Waals surface area contributed by atoms with Gasteiger partial charge in [-0.3, -0.25) is 0 Å². The topological polar surface area (TPSA) is 110 Å². The molecule has 3 N–H and O–H groups in total. The van der Waals surface area contributed by atoms with Crippen LogP contribution in [0.25, 0.3) is 0 Å². The molecule has 0 aliphatic heterocycles. The van der Waals surface area contributed by atoms with Crippen molar-refractivity contribution in [3.05, 3.63) is 24.3 Å². The summed E-state index contributed by atoms with van der Waals surface area (Å²) in [6.45, 7) is 0. The molecule has 8 heteroatoms. The van der Waals surface area contributed by atoms with E-state index in [1.165, 1.54) is 7.11 Å². The van der Waals surface area contributed by atoms with Gasteiger partial charge in [0.1, 0.15) is 21.7 Å². The normalized spacial score (nSPS) is 9.62. The molecule has 1 aromatic rings. The van der Waals surface area contributed by atoms with Crippen molar-refractivity contribution in [2.45, 2.75) is 0 Å². The van der Waals surface area contributed by atoms with Crippen LogP contribution >= 0.6 is 0 Å². The molecule has 86 valence electrons. The zero-order chi connectivity index (χ0) is 10.6. The summed E-state index contributed by atoms with van der Waals surface area (Å²) in [5.41, 5.74) is 0.481. The predicted octanol–water partition coefficient (Wildman–Crippen LogP) is -3.21. The van der Waals surface area contributed by atoms with E-state index in [0.29, 0.717) is 11.4 Å². The van der Waals surface area contributed by atoms with Crippen LogP contribution in [0.5, 0.6) is 5.75 Å². The smallest absolute Gasteiger partial charge is 0.747 e. The van der Waals surface area contributed by atoms with Crippen LogP contribution in [0.15, 0.2) is 24.3 Å². The fraction of sp³-hybridized carbons (Fsp3) is 0.250. The Bertz CT molecular complexity index is 409. The van der Waals surface area contributed by atoms with E-state index in [9.17, 15) is 13.0 Å². The van der Waals surface area contributed by atoms with Crippen LogP contribution in [0.3, 0.4) is 0 Å². The standard InChI is InChI=1S/C8H11NO4S.Na.H2O/c1-13-8-5-3-2-4-7(8)9-6-14(10,11)12;;/h2-5,9H,6H2,1H3,(H,10,11,12);;1H2/q;+1;/p-1. The molecule has 0 spiro atoms. The molecule has 1 aromatic carbocycles. The molecule has 0 bridgehead atoms. The number of ether oxygens (including phenoxy) is 1. The summed E-state index contributed by atoms with van der Waals surface area (Å²) in [4.78, 5) is 0. The van der Waals surface area contributed by atoms with Gasteiger partial charge in [0.2, 0.25) is 0 Å². The van der Waals surface area contributed by atoms with Crippen molar-refractivity contribution in [3.8, 4) is 5.75 Å². The Morgan fingerprint density at radius 2 is 1.94 bits per heavy atom. The molecule has 0 unspecified atom stereocenters. The first-order chi connectivity index (χ1) is 6.53. The summed E-state index contributed by atoms with van der Waals surface area (Å²) in [5.74, 6) is -0.149. The molecule has 0 aromatic heterocycles. The van der Waals surface area contributed by atoms with E-state index in [1.807, 2.05) is 0 Å². The van der Waals surface area contributed by atoms with Crippen LogP contribution in [0.2, 0.25) is 0 Å². The van der Waals surface area contributed by atoms with Gasteiger partial charge in [-0.1, -0.05) is 12.1 Å². The van der Waals surface area contributed by atoms with Crippen molar-refractivity contribution < 1.29 is 52.7 Å². The molecule has 1 rings (SSSR count). The van der Waals surface area contributed by atoms with Crippen LogP contribution in [0.4, 0.5) is 5.69 Å². The molecule has 16 heavy (non-hydrogen) atoms. The van der Waals surface area contributed by atoms with Gasteiger partial charge in [0.05, 0.1) is 12.8 Å². The van der Waals surface area contributed by atoms with Crippen molar-refractivity contribution in [2.75, 3.05) is 18.3 Å². The maximum absolute atomic E-state index is 10.3. The first-order valence-electron chi connectivity index (χ1n) is 3.83. The second-order valence-corrected chi connectivity index (χ2v) is 3.98. The van der Waals surface area contributed by atoms with Gasteiger partial charge >= 0.3 is 29.6 Å². The van der Waals surface area contributed by atoms with Gasteiger partial charge in [0, 0.05) is 0 Å². The maximum atomic E-state index is 10.3. The number of para-hydroxylation sites is 2. The monoisotopic (exact) mass is 257 g/mol. The number of hydrogen-bond acceptors (Lipinski definition) is 5. The third-order valence-electron chi connectivity index (χ3n) is 1.55. The Labute approximate surface area is 116 Å². The number of rotatable bonds is 4. The predicted molar refractivity (Wildman–Crippen MR) is 54.8 cm³/mol. The minimum absolute atomic E-state index is 0. The molecule has 0 aliphatic rings. The van der Waals surface area contributed by atoms with Crippen LogP contribution in [-0.2, 0) is 10.1 Å². The van der Waals surface area contributed by atoms with E-state index in [2.05, 4.69) is 5.32 Å². The number of nitrogens with one attached hydrogen (secondary N) is 1. The SMILES string of the molecule is COc1ccccc1NCS(=O)(=O)[O-].O.[Na+]. The molecule has 0 fully saturated rings. The number of benzene rings is 1. The number of methoxy groups -OCH3 is 1. The second-order valence-electron chi connectivity index (χ2n) is 2.58. The van der Waals surface area contributed by atoms with Crippen LogP contribution in [-0.4, -0.2) is 31.4 Å². The van der Waals surface area contributed by atoms with E-state index < -0.39 is 16.0 Å². The zero-order valence-corrected chi connectivity index (χ0v) is 11.9. The van der Waals surface area contributed by atoms with E-state index in [4.69, 9.17) is 4.74 Å². The van der Waals surface area contributed by atoms with Crippen molar-refractivity contribution in [2.24, 2.45) is 0 Å². The first-order valence-corrected chi connectivity index (χ1v) is 5.41. The Morgan fingerprint density at radius 3 is 2.44 bits per heavy atom. The van der Waals surface area contributed by atoms with Crippen LogP contribution in [0.1, 0.15) is 0 Å². The Hall–Kier alpha value is -0.310. The average molecular weight is 257 g/mol. The van der Waals surface area contributed by atoms with Gasteiger partial charge in [0.15, 0.2) is 0 Å². The fourth-order valence-electron chi connectivity index (χ4n) is 0.957. The van der Waals surface area contributed by atoms with Crippen molar-refractivity contribution in [1.82, 2.24) is 0 Å². The number of hydrogen-bond donors (Lipinski definition) is 1. The molecule has 0 saturated carbocycles. The van der Waals surface area contributed by atoms with Crippen molar-refractivity contribution in [1.29, 1.82) is 0 Å². The second kappa shape index (κ2) is 7.88. The molecular formula is C8H12NNaO5S. The minimum Gasteiger partial charge on any atom is -0.747 e. The number of anilines is 1. The van der Waals surface area contributed by atoms with E-state index in [-0.39, 0.29) is 35.0 Å². The molecule has 0 saturated heterocycles. The quantitative estimate of drug-likeness (QED) is 0.451. The Morgan fingerprint density at radius 1 is 1.38 bits per heavy atom. The summed E-state index contributed by atoms with van der Waals surface area (Å²) < 4.78 is 36.0. The van der Waals surface area contributed by atoms with Gasteiger partial charge in [-0.25, -0.2) is 8.42 Å². The van der Waals surface area contributed by atoms with Gasteiger partial charge in [-0.2, -0.15) is 0 Å². The first kappa shape index (κ1) is 18.1. The maximum Gasteiger partial charge on any atom is 1.00 e. The van der Waals surface area contributed by atoms with Crippen molar-refractivity contribution in [3.63, 3.8) is 0 Å². The molecule has 0 heterocycles. The fourth-order valence-corrected chi connectivity index (χ4v) is 1.29. The molecule has 0 amide bonds. The molecular weight excluding hydrogens is 245 g/mol. The van der Waals surface area contributed by atoms with E-state index in [1.54, 1.807) is 24.3 Å². The summed E-state index contributed by atoms with van der Waals surface area (Å²) in [6, 6.07) is 6.75.